The molecule has 152 valence electrons. The van der Waals surface area contributed by atoms with E-state index in [0.717, 1.165) is 5.56 Å². The molecule has 3 aromatic rings. The molecule has 0 fully saturated rings. The third kappa shape index (κ3) is 5.72. The molecule has 0 bridgehead atoms. The summed E-state index contributed by atoms with van der Waals surface area (Å²) in [5.41, 5.74) is 1.31. The van der Waals surface area contributed by atoms with Crippen LogP contribution in [0.2, 0.25) is 0 Å². The number of hydrogen-bond donors (Lipinski definition) is 1. The fraction of sp³-hybridized carbons (Fsp3) is 0.200. The summed E-state index contributed by atoms with van der Waals surface area (Å²) in [6.07, 6.45) is 0. The Morgan fingerprint density at radius 2 is 1.66 bits per heavy atom. The number of ether oxygens (including phenoxy) is 2. The molecule has 1 heterocycles. The molecule has 0 aliphatic rings. The lowest BCUT2D eigenvalue weighted by atomic mass is 10.1. The summed E-state index contributed by atoms with van der Waals surface area (Å²) in [6.45, 7) is 2.51. The van der Waals surface area contributed by atoms with Gasteiger partial charge in [-0.2, -0.15) is 0 Å². The van der Waals surface area contributed by atoms with Crippen molar-refractivity contribution in [2.24, 2.45) is 0 Å². The highest BCUT2D eigenvalue weighted by Crippen LogP contribution is 2.18. The zero-order valence-electron chi connectivity index (χ0n) is 15.7. The molecule has 2 aromatic carbocycles. The number of sulfonamides is 1. The first-order valence-corrected chi connectivity index (χ1v) is 10.4. The maximum atomic E-state index is 13.0. The van der Waals surface area contributed by atoms with E-state index in [4.69, 9.17) is 9.47 Å². The van der Waals surface area contributed by atoms with Crippen LogP contribution in [0.5, 0.6) is 11.6 Å². The van der Waals surface area contributed by atoms with E-state index < -0.39 is 10.0 Å². The van der Waals surface area contributed by atoms with E-state index in [1.807, 2.05) is 6.92 Å². The van der Waals surface area contributed by atoms with E-state index in [2.05, 4.69) is 14.9 Å². The first kappa shape index (κ1) is 20.7. The molecule has 0 unspecified atom stereocenters. The lowest BCUT2D eigenvalue weighted by Crippen LogP contribution is -2.28. The molecule has 3 rings (SSSR count). The van der Waals surface area contributed by atoms with E-state index >= 15 is 0 Å². The lowest BCUT2D eigenvalue weighted by Gasteiger charge is -2.09. The maximum Gasteiger partial charge on any atom is 0.240 e. The number of nitrogens with zero attached hydrogens (tertiary/aromatic N) is 2. The Labute approximate surface area is 168 Å². The number of halogens is 1. The Morgan fingerprint density at radius 1 is 0.931 bits per heavy atom. The van der Waals surface area contributed by atoms with Gasteiger partial charge in [0.1, 0.15) is 18.2 Å². The van der Waals surface area contributed by atoms with Crippen LogP contribution in [0.15, 0.2) is 65.6 Å². The fourth-order valence-corrected chi connectivity index (χ4v) is 3.48. The van der Waals surface area contributed by atoms with Gasteiger partial charge in [-0.1, -0.05) is 0 Å². The van der Waals surface area contributed by atoms with Crippen LogP contribution in [0.4, 0.5) is 4.39 Å². The van der Waals surface area contributed by atoms with Crippen LogP contribution >= 0.6 is 0 Å². The SMILES string of the molecule is CCOc1ccc(S(=O)(=O)NCCOc2ccc(-c3ccc(F)cc3)nn2)cc1. The molecule has 0 saturated carbocycles. The van der Waals surface area contributed by atoms with Crippen LogP contribution in [-0.4, -0.2) is 38.4 Å². The van der Waals surface area contributed by atoms with Crippen molar-refractivity contribution in [1.82, 2.24) is 14.9 Å². The summed E-state index contributed by atoms with van der Waals surface area (Å²) < 4.78 is 50.7. The van der Waals surface area contributed by atoms with Crippen LogP contribution in [0, 0.1) is 5.82 Å². The van der Waals surface area contributed by atoms with Crippen molar-refractivity contribution in [3.05, 3.63) is 66.5 Å². The van der Waals surface area contributed by atoms with Crippen LogP contribution < -0.4 is 14.2 Å². The van der Waals surface area contributed by atoms with Gasteiger partial charge in [0.05, 0.1) is 17.2 Å². The van der Waals surface area contributed by atoms with Gasteiger partial charge in [0.15, 0.2) is 0 Å². The quantitative estimate of drug-likeness (QED) is 0.538. The van der Waals surface area contributed by atoms with E-state index in [9.17, 15) is 12.8 Å². The van der Waals surface area contributed by atoms with Gasteiger partial charge in [0, 0.05) is 18.2 Å². The van der Waals surface area contributed by atoms with Gasteiger partial charge in [-0.3, -0.25) is 0 Å². The second-order valence-corrected chi connectivity index (χ2v) is 7.68. The lowest BCUT2D eigenvalue weighted by molar-refractivity contribution is 0.307. The Hall–Kier alpha value is -3.04. The molecule has 0 amide bonds. The zero-order valence-corrected chi connectivity index (χ0v) is 16.5. The molecule has 7 nitrogen and oxygen atoms in total. The molecule has 0 aliphatic heterocycles. The number of hydrogen-bond acceptors (Lipinski definition) is 6. The van der Waals surface area contributed by atoms with Crippen molar-refractivity contribution < 1.29 is 22.3 Å². The summed E-state index contributed by atoms with van der Waals surface area (Å²) in [7, 11) is -3.64. The first-order chi connectivity index (χ1) is 14.0. The van der Waals surface area contributed by atoms with Gasteiger partial charge in [-0.25, -0.2) is 17.5 Å². The van der Waals surface area contributed by atoms with Gasteiger partial charge in [0.2, 0.25) is 15.9 Å². The minimum Gasteiger partial charge on any atom is -0.494 e. The highest BCUT2D eigenvalue weighted by Gasteiger charge is 2.13. The first-order valence-electron chi connectivity index (χ1n) is 8.93. The molecule has 0 saturated heterocycles. The summed E-state index contributed by atoms with van der Waals surface area (Å²) in [4.78, 5) is 0.143. The Balaban J connectivity index is 1.50. The zero-order chi connectivity index (χ0) is 20.7. The number of aromatic nitrogens is 2. The van der Waals surface area contributed by atoms with Crippen molar-refractivity contribution in [3.8, 4) is 22.9 Å². The normalized spacial score (nSPS) is 11.2. The summed E-state index contributed by atoms with van der Waals surface area (Å²) in [5, 5.41) is 7.97. The predicted molar refractivity (Wildman–Crippen MR) is 106 cm³/mol. The summed E-state index contributed by atoms with van der Waals surface area (Å²) in [6, 6.07) is 15.4. The van der Waals surface area contributed by atoms with Crippen LogP contribution in [0.25, 0.3) is 11.3 Å². The van der Waals surface area contributed by atoms with Crippen LogP contribution in [0.1, 0.15) is 6.92 Å². The smallest absolute Gasteiger partial charge is 0.240 e. The maximum absolute atomic E-state index is 13.0. The highest BCUT2D eigenvalue weighted by atomic mass is 32.2. The number of rotatable bonds is 9. The Morgan fingerprint density at radius 3 is 2.28 bits per heavy atom. The molecule has 0 radical (unpaired) electrons. The monoisotopic (exact) mass is 417 g/mol. The summed E-state index contributed by atoms with van der Waals surface area (Å²) in [5.74, 6) is 0.544. The van der Waals surface area contributed by atoms with Gasteiger partial charge in [-0.15, -0.1) is 10.2 Å². The molecule has 1 N–H and O–H groups in total. The Bertz CT molecular complexity index is 1020. The topological polar surface area (TPSA) is 90.4 Å². The van der Waals surface area contributed by atoms with E-state index in [1.165, 1.54) is 24.3 Å². The minimum atomic E-state index is -3.64. The van der Waals surface area contributed by atoms with E-state index in [0.29, 0.717) is 18.1 Å². The van der Waals surface area contributed by atoms with Crippen molar-refractivity contribution in [2.45, 2.75) is 11.8 Å². The molecule has 9 heteroatoms. The van der Waals surface area contributed by atoms with Crippen molar-refractivity contribution >= 4 is 10.0 Å². The number of benzene rings is 2. The predicted octanol–water partition coefficient (Wildman–Crippen LogP) is 3.04. The molecule has 29 heavy (non-hydrogen) atoms. The molecule has 0 aliphatic carbocycles. The molecule has 0 spiro atoms. The van der Waals surface area contributed by atoms with Gasteiger partial charge in [0.25, 0.3) is 0 Å². The van der Waals surface area contributed by atoms with Crippen LogP contribution in [-0.2, 0) is 10.0 Å². The van der Waals surface area contributed by atoms with Crippen molar-refractivity contribution in [3.63, 3.8) is 0 Å². The van der Waals surface area contributed by atoms with Gasteiger partial charge in [-0.05, 0) is 61.5 Å². The second kappa shape index (κ2) is 9.44. The second-order valence-electron chi connectivity index (χ2n) is 5.91. The molecule has 0 atom stereocenters. The van der Waals surface area contributed by atoms with Gasteiger partial charge >= 0.3 is 0 Å². The highest BCUT2D eigenvalue weighted by molar-refractivity contribution is 7.89. The standard InChI is InChI=1S/C20H20FN3O4S/c1-2-27-17-7-9-18(10-8-17)29(25,26)22-13-14-28-20-12-11-19(23-24-20)15-3-5-16(21)6-4-15/h3-12,22H,2,13-14H2,1H3. The van der Waals surface area contributed by atoms with E-state index in [1.54, 1.807) is 36.4 Å². The molecular weight excluding hydrogens is 397 g/mol. The molecule has 1 aromatic heterocycles. The third-order valence-corrected chi connectivity index (χ3v) is 5.35. The van der Waals surface area contributed by atoms with Crippen molar-refractivity contribution in [2.75, 3.05) is 19.8 Å². The van der Waals surface area contributed by atoms with Crippen molar-refractivity contribution in [1.29, 1.82) is 0 Å². The van der Waals surface area contributed by atoms with Crippen LogP contribution in [0.3, 0.4) is 0 Å². The average Bonchev–Trinajstić information content (AvgIpc) is 2.73. The largest absolute Gasteiger partial charge is 0.494 e. The number of nitrogens with one attached hydrogen (secondary N) is 1. The third-order valence-electron chi connectivity index (χ3n) is 3.87. The minimum absolute atomic E-state index is 0.0664. The van der Waals surface area contributed by atoms with E-state index in [-0.39, 0.29) is 29.7 Å². The summed E-state index contributed by atoms with van der Waals surface area (Å²) >= 11 is 0. The Kier molecular flexibility index (Phi) is 6.73. The fourth-order valence-electron chi connectivity index (χ4n) is 2.47. The molecular formula is C20H20FN3O4S. The average molecular weight is 417 g/mol. The van der Waals surface area contributed by atoms with Gasteiger partial charge < -0.3 is 9.47 Å².